The van der Waals surface area contributed by atoms with Gasteiger partial charge in [-0.25, -0.2) is 9.80 Å². The highest BCUT2D eigenvalue weighted by Gasteiger charge is 2.44. The van der Waals surface area contributed by atoms with E-state index in [-0.39, 0.29) is 24.5 Å². The molecule has 4 heterocycles. The van der Waals surface area contributed by atoms with Crippen molar-refractivity contribution >= 4 is 51.3 Å². The molecule has 2 atom stereocenters. The van der Waals surface area contributed by atoms with Gasteiger partial charge in [0.15, 0.2) is 6.61 Å². The van der Waals surface area contributed by atoms with Gasteiger partial charge in [0.2, 0.25) is 0 Å². The van der Waals surface area contributed by atoms with Crippen LogP contribution in [0.15, 0.2) is 79.2 Å². The number of carbonyl (C=O) groups is 1. The quantitative estimate of drug-likeness (QED) is 0.287. The lowest BCUT2D eigenvalue weighted by molar-refractivity contribution is -0.135. The Morgan fingerprint density at radius 3 is 2.86 bits per heavy atom. The van der Waals surface area contributed by atoms with Gasteiger partial charge in [0, 0.05) is 33.2 Å². The summed E-state index contributed by atoms with van der Waals surface area (Å²) in [6, 6.07) is 14.9. The van der Waals surface area contributed by atoms with E-state index in [9.17, 15) is 9.59 Å². The van der Waals surface area contributed by atoms with E-state index in [0.29, 0.717) is 11.3 Å². The number of thiophene rings is 2. The van der Waals surface area contributed by atoms with Crippen molar-refractivity contribution in [2.45, 2.75) is 32.2 Å². The van der Waals surface area contributed by atoms with Gasteiger partial charge in [0.25, 0.3) is 5.91 Å². The number of carbonyl (C=O) groups excluding carboxylic acids is 1. The standard InChI is InChI=1S/C28H24N2O4S2/c1-17-13-26(32)34-23-15-19(9-10-21(17)23)33-16-25(31)30-28(24-8-4-12-36-24)22-7-2-5-18(27(22)29-30)14-20-6-3-11-35-20/h3-4,6,8-15,22,28H,2,5,7,16H2,1H3/b18-14-. The molecule has 0 N–H and O–H groups in total. The summed E-state index contributed by atoms with van der Waals surface area (Å²) in [7, 11) is 0. The Kier molecular flexibility index (Phi) is 6.07. The van der Waals surface area contributed by atoms with E-state index in [1.54, 1.807) is 39.8 Å². The molecule has 8 heteroatoms. The minimum atomic E-state index is -0.408. The second kappa shape index (κ2) is 9.52. The van der Waals surface area contributed by atoms with Crippen LogP contribution in [0.25, 0.3) is 17.0 Å². The molecule has 0 spiro atoms. The van der Waals surface area contributed by atoms with Crippen molar-refractivity contribution < 1.29 is 13.9 Å². The van der Waals surface area contributed by atoms with Crippen molar-refractivity contribution in [1.29, 1.82) is 0 Å². The lowest BCUT2D eigenvalue weighted by Gasteiger charge is -2.28. The van der Waals surface area contributed by atoms with E-state index in [1.165, 1.54) is 16.5 Å². The fraction of sp³-hybridized carbons (Fsp3) is 0.250. The van der Waals surface area contributed by atoms with Crippen molar-refractivity contribution in [3.8, 4) is 5.75 Å². The van der Waals surface area contributed by atoms with Gasteiger partial charge in [-0.15, -0.1) is 22.7 Å². The summed E-state index contributed by atoms with van der Waals surface area (Å²) in [4.78, 5) is 27.6. The van der Waals surface area contributed by atoms with Crippen LogP contribution in [0.4, 0.5) is 0 Å². The van der Waals surface area contributed by atoms with Gasteiger partial charge < -0.3 is 9.15 Å². The molecule has 6 rings (SSSR count). The zero-order valence-corrected chi connectivity index (χ0v) is 21.3. The highest BCUT2D eigenvalue weighted by atomic mass is 32.1. The molecule has 2 aliphatic rings. The second-order valence-corrected chi connectivity index (χ2v) is 11.0. The van der Waals surface area contributed by atoms with Gasteiger partial charge in [0.05, 0.1) is 11.8 Å². The van der Waals surface area contributed by atoms with Crippen LogP contribution in [0.5, 0.6) is 5.75 Å². The highest BCUT2D eigenvalue weighted by molar-refractivity contribution is 7.11. The monoisotopic (exact) mass is 516 g/mol. The number of aryl methyl sites for hydroxylation is 1. The Balaban J connectivity index is 1.28. The summed E-state index contributed by atoms with van der Waals surface area (Å²) in [6.07, 6.45) is 5.25. The highest BCUT2D eigenvalue weighted by Crippen LogP contribution is 2.45. The fourth-order valence-corrected chi connectivity index (χ4v) is 6.65. The van der Waals surface area contributed by atoms with Gasteiger partial charge in [-0.3, -0.25) is 4.79 Å². The third kappa shape index (κ3) is 4.31. The molecular weight excluding hydrogens is 492 g/mol. The number of nitrogens with zero attached hydrogens (tertiary/aromatic N) is 2. The van der Waals surface area contributed by atoms with Crippen LogP contribution < -0.4 is 10.4 Å². The number of rotatable bonds is 5. The van der Waals surface area contributed by atoms with Crippen LogP contribution >= 0.6 is 22.7 Å². The minimum Gasteiger partial charge on any atom is -0.484 e. The van der Waals surface area contributed by atoms with Crippen molar-refractivity contribution in [3.63, 3.8) is 0 Å². The molecule has 182 valence electrons. The van der Waals surface area contributed by atoms with E-state index in [4.69, 9.17) is 14.3 Å². The van der Waals surface area contributed by atoms with Crippen LogP contribution in [-0.2, 0) is 4.79 Å². The maximum absolute atomic E-state index is 13.5. The lowest BCUT2D eigenvalue weighted by Crippen LogP contribution is -2.34. The molecule has 1 aliphatic carbocycles. The smallest absolute Gasteiger partial charge is 0.336 e. The van der Waals surface area contributed by atoms with Gasteiger partial charge in [-0.05, 0) is 78.4 Å². The van der Waals surface area contributed by atoms with Crippen molar-refractivity contribution in [3.05, 3.63) is 90.6 Å². The molecule has 1 saturated carbocycles. The first-order valence-corrected chi connectivity index (χ1v) is 13.7. The molecule has 0 radical (unpaired) electrons. The van der Waals surface area contributed by atoms with Crippen LogP contribution in [0.3, 0.4) is 0 Å². The van der Waals surface area contributed by atoms with E-state index < -0.39 is 5.63 Å². The summed E-state index contributed by atoms with van der Waals surface area (Å²) in [5.74, 6) is 0.446. The number of hydrogen-bond acceptors (Lipinski definition) is 7. The summed E-state index contributed by atoms with van der Waals surface area (Å²) in [5.41, 5.74) is 3.10. The normalized spacial score (nSPS) is 20.5. The molecular formula is C28H24N2O4S2. The molecule has 1 aromatic carbocycles. The Labute approximate surface area is 216 Å². The first kappa shape index (κ1) is 22.9. The third-order valence-corrected chi connectivity index (χ3v) is 8.50. The van der Waals surface area contributed by atoms with Crippen molar-refractivity contribution in [2.24, 2.45) is 11.0 Å². The number of allylic oxidation sites excluding steroid dienone is 1. The first-order valence-electron chi connectivity index (χ1n) is 11.9. The molecule has 0 saturated heterocycles. The number of ether oxygens (including phenoxy) is 1. The number of amides is 1. The second-order valence-electron chi connectivity index (χ2n) is 9.06. The van der Waals surface area contributed by atoms with Gasteiger partial charge in [0.1, 0.15) is 11.3 Å². The van der Waals surface area contributed by atoms with Crippen LogP contribution in [-0.4, -0.2) is 23.2 Å². The Morgan fingerprint density at radius 2 is 2.06 bits per heavy atom. The van der Waals surface area contributed by atoms with Gasteiger partial charge in [-0.1, -0.05) is 12.1 Å². The zero-order valence-electron chi connectivity index (χ0n) is 19.7. The maximum atomic E-state index is 13.5. The predicted octanol–water partition coefficient (Wildman–Crippen LogP) is 6.43. The van der Waals surface area contributed by atoms with E-state index in [2.05, 4.69) is 29.7 Å². The molecule has 1 aliphatic heterocycles. The molecule has 36 heavy (non-hydrogen) atoms. The van der Waals surface area contributed by atoms with E-state index in [1.807, 2.05) is 24.4 Å². The van der Waals surface area contributed by atoms with Crippen LogP contribution in [0.1, 0.15) is 40.6 Å². The van der Waals surface area contributed by atoms with Crippen LogP contribution in [0.2, 0.25) is 0 Å². The molecule has 1 amide bonds. The maximum Gasteiger partial charge on any atom is 0.336 e. The SMILES string of the molecule is Cc1cc(=O)oc2cc(OCC(=O)N3N=C4/C(=C\c5cccs5)CCCC4C3c3cccs3)ccc12. The topological polar surface area (TPSA) is 72.1 Å². The fourth-order valence-electron chi connectivity index (χ4n) is 5.10. The number of hydrazone groups is 1. The number of benzene rings is 1. The number of hydrogen-bond donors (Lipinski definition) is 0. The summed E-state index contributed by atoms with van der Waals surface area (Å²) in [6.45, 7) is 1.71. The number of fused-ring (bicyclic) bond motifs is 2. The van der Waals surface area contributed by atoms with Gasteiger partial charge in [-0.2, -0.15) is 5.10 Å². The molecule has 4 aromatic rings. The first-order chi connectivity index (χ1) is 17.6. The lowest BCUT2D eigenvalue weighted by atomic mass is 9.79. The van der Waals surface area contributed by atoms with E-state index in [0.717, 1.165) is 40.8 Å². The Morgan fingerprint density at radius 1 is 1.19 bits per heavy atom. The minimum absolute atomic E-state index is 0.125. The zero-order chi connectivity index (χ0) is 24.6. The molecule has 6 nitrogen and oxygen atoms in total. The molecule has 2 unspecified atom stereocenters. The van der Waals surface area contributed by atoms with Crippen LogP contribution in [0, 0.1) is 12.8 Å². The largest absolute Gasteiger partial charge is 0.484 e. The summed E-state index contributed by atoms with van der Waals surface area (Å²) >= 11 is 3.36. The average molecular weight is 517 g/mol. The average Bonchev–Trinajstić information content (AvgIpc) is 3.63. The summed E-state index contributed by atoms with van der Waals surface area (Å²) < 4.78 is 11.2. The van der Waals surface area contributed by atoms with Crippen molar-refractivity contribution in [2.75, 3.05) is 6.61 Å². The van der Waals surface area contributed by atoms with Crippen molar-refractivity contribution in [1.82, 2.24) is 5.01 Å². The van der Waals surface area contributed by atoms with E-state index >= 15 is 0 Å². The Hall–Kier alpha value is -3.49. The Bertz CT molecular complexity index is 1530. The molecule has 3 aromatic heterocycles. The predicted molar refractivity (Wildman–Crippen MR) is 144 cm³/mol. The third-order valence-electron chi connectivity index (χ3n) is 6.74. The molecule has 1 fully saturated rings. The summed E-state index contributed by atoms with van der Waals surface area (Å²) in [5, 5.41) is 11.5. The molecule has 0 bridgehead atoms. The van der Waals surface area contributed by atoms with Gasteiger partial charge >= 0.3 is 5.63 Å².